The molecular weight excluding hydrogens is 400 g/mol. The molecule has 2 amide bonds. The molecule has 10 heteroatoms. The first kappa shape index (κ1) is 19.2. The summed E-state index contributed by atoms with van der Waals surface area (Å²) in [6.07, 6.45) is 0. The summed E-state index contributed by atoms with van der Waals surface area (Å²) in [5.74, 6) is -2.69. The molecule has 4 rings (SSSR count). The monoisotopic (exact) mass is 416 g/mol. The lowest BCUT2D eigenvalue weighted by Crippen LogP contribution is -2.41. The molecule has 0 spiro atoms. The Morgan fingerprint density at radius 2 is 1.45 bits per heavy atom. The number of nitrogens with zero attached hydrogens (tertiary/aromatic N) is 2. The van der Waals surface area contributed by atoms with Crippen LogP contribution in [-0.4, -0.2) is 61.9 Å². The summed E-state index contributed by atoms with van der Waals surface area (Å²) in [5.41, 5.74) is -0.0467. The third-order valence-corrected chi connectivity index (χ3v) is 6.58. The van der Waals surface area contributed by atoms with Crippen LogP contribution in [-0.2, 0) is 19.6 Å². The second-order valence-electron chi connectivity index (χ2n) is 6.34. The lowest BCUT2D eigenvalue weighted by molar-refractivity contribution is -0.0587. The van der Waals surface area contributed by atoms with E-state index in [1.165, 1.54) is 40.7 Å². The van der Waals surface area contributed by atoms with Gasteiger partial charge in [0.05, 0.1) is 34.8 Å². The fraction of sp³-hybridized carbons (Fsp3) is 0.211. The molecule has 2 aromatic carbocycles. The molecule has 150 valence electrons. The number of sulfonamides is 1. The third kappa shape index (κ3) is 3.31. The van der Waals surface area contributed by atoms with Crippen molar-refractivity contribution in [3.63, 3.8) is 0 Å². The van der Waals surface area contributed by atoms with Crippen LogP contribution in [0.5, 0.6) is 0 Å². The predicted octanol–water partition coefficient (Wildman–Crippen LogP) is 1.08. The van der Waals surface area contributed by atoms with E-state index in [-0.39, 0.29) is 47.9 Å². The molecule has 0 bridgehead atoms. The standard InChI is InChI=1S/C19H16N2O7S/c22-17-13-5-1-2-6-14(13)18(23)21(17)28-19(24)15-7-3-4-8-16(15)29(25,26)20-9-11-27-12-10-20/h1-8H,9-12H2. The van der Waals surface area contributed by atoms with Crippen LogP contribution in [0, 0.1) is 0 Å². The van der Waals surface area contributed by atoms with Crippen molar-refractivity contribution in [3.8, 4) is 0 Å². The molecule has 9 nitrogen and oxygen atoms in total. The van der Waals surface area contributed by atoms with E-state index in [0.29, 0.717) is 5.06 Å². The average Bonchev–Trinajstić information content (AvgIpc) is 2.99. The number of morpholine rings is 1. The molecule has 0 N–H and O–H groups in total. The van der Waals surface area contributed by atoms with Crippen molar-refractivity contribution in [2.24, 2.45) is 0 Å². The van der Waals surface area contributed by atoms with E-state index in [4.69, 9.17) is 9.57 Å². The van der Waals surface area contributed by atoms with Gasteiger partial charge in [-0.3, -0.25) is 9.59 Å². The van der Waals surface area contributed by atoms with Crippen molar-refractivity contribution >= 4 is 27.8 Å². The fourth-order valence-corrected chi connectivity index (χ4v) is 4.76. The van der Waals surface area contributed by atoms with Gasteiger partial charge in [-0.05, 0) is 24.3 Å². The Bertz CT molecular complexity index is 1070. The lowest BCUT2D eigenvalue weighted by Gasteiger charge is -2.26. The normalized spacial score (nSPS) is 17.3. The summed E-state index contributed by atoms with van der Waals surface area (Å²) in [7, 11) is -3.99. The minimum atomic E-state index is -3.99. The van der Waals surface area contributed by atoms with Gasteiger partial charge in [0, 0.05) is 13.1 Å². The Morgan fingerprint density at radius 1 is 0.897 bits per heavy atom. The number of hydrogen-bond acceptors (Lipinski definition) is 7. The van der Waals surface area contributed by atoms with Gasteiger partial charge in [0.1, 0.15) is 0 Å². The maximum atomic E-state index is 13.0. The first-order valence-electron chi connectivity index (χ1n) is 8.78. The lowest BCUT2D eigenvalue weighted by atomic mass is 10.1. The topological polar surface area (TPSA) is 110 Å². The van der Waals surface area contributed by atoms with Gasteiger partial charge in [0.2, 0.25) is 10.0 Å². The van der Waals surface area contributed by atoms with E-state index in [1.807, 2.05) is 0 Å². The van der Waals surface area contributed by atoms with E-state index in [2.05, 4.69) is 0 Å². The van der Waals surface area contributed by atoms with Crippen molar-refractivity contribution in [1.82, 2.24) is 9.37 Å². The smallest absolute Gasteiger partial charge is 0.365 e. The van der Waals surface area contributed by atoms with Crippen molar-refractivity contribution in [1.29, 1.82) is 0 Å². The minimum Gasteiger partial charge on any atom is -0.379 e. The number of carbonyl (C=O) groups is 3. The minimum absolute atomic E-state index is 0.111. The molecule has 2 aromatic rings. The zero-order valence-corrected chi connectivity index (χ0v) is 15.9. The van der Waals surface area contributed by atoms with Crippen molar-refractivity contribution < 1.29 is 32.4 Å². The molecule has 1 fully saturated rings. The number of rotatable bonds is 4. The predicted molar refractivity (Wildman–Crippen MR) is 98.4 cm³/mol. The summed E-state index contributed by atoms with van der Waals surface area (Å²) < 4.78 is 32.3. The van der Waals surface area contributed by atoms with Crippen LogP contribution in [0.1, 0.15) is 31.1 Å². The van der Waals surface area contributed by atoms with Gasteiger partial charge in [-0.15, -0.1) is 0 Å². The van der Waals surface area contributed by atoms with Crippen molar-refractivity contribution in [3.05, 3.63) is 65.2 Å². The number of benzene rings is 2. The number of amides is 2. The first-order valence-corrected chi connectivity index (χ1v) is 10.2. The van der Waals surface area contributed by atoms with Crippen LogP contribution in [0.3, 0.4) is 0 Å². The third-order valence-electron chi connectivity index (χ3n) is 4.63. The molecular formula is C19H16N2O7S. The molecule has 1 saturated heterocycles. The number of fused-ring (bicyclic) bond motifs is 1. The molecule has 0 aliphatic carbocycles. The molecule has 2 heterocycles. The van der Waals surface area contributed by atoms with Crippen molar-refractivity contribution in [2.75, 3.05) is 26.3 Å². The zero-order chi connectivity index (χ0) is 20.6. The van der Waals surface area contributed by atoms with E-state index in [9.17, 15) is 22.8 Å². The summed E-state index contributed by atoms with van der Waals surface area (Å²) in [6, 6.07) is 11.6. The summed E-state index contributed by atoms with van der Waals surface area (Å²) >= 11 is 0. The van der Waals surface area contributed by atoms with Gasteiger partial charge >= 0.3 is 5.97 Å². The number of hydroxylamine groups is 2. The molecule has 2 aliphatic rings. The molecule has 0 radical (unpaired) electrons. The van der Waals surface area contributed by atoms with E-state index in [0.717, 1.165) is 0 Å². The van der Waals surface area contributed by atoms with Gasteiger partial charge in [0.15, 0.2) is 0 Å². The summed E-state index contributed by atoms with van der Waals surface area (Å²) in [4.78, 5) is 42.3. The van der Waals surface area contributed by atoms with Crippen molar-refractivity contribution in [2.45, 2.75) is 4.90 Å². The highest BCUT2D eigenvalue weighted by Crippen LogP contribution is 2.26. The van der Waals surface area contributed by atoms with Gasteiger partial charge in [0.25, 0.3) is 11.8 Å². The molecule has 2 aliphatic heterocycles. The quantitative estimate of drug-likeness (QED) is 0.686. The Kier molecular flexibility index (Phi) is 4.91. The largest absolute Gasteiger partial charge is 0.379 e. The zero-order valence-electron chi connectivity index (χ0n) is 15.1. The van der Waals surface area contributed by atoms with Crippen LogP contribution >= 0.6 is 0 Å². The van der Waals surface area contributed by atoms with Gasteiger partial charge < -0.3 is 9.57 Å². The highest BCUT2D eigenvalue weighted by molar-refractivity contribution is 7.89. The number of hydrogen-bond donors (Lipinski definition) is 0. The maximum absolute atomic E-state index is 13.0. The second-order valence-corrected chi connectivity index (χ2v) is 8.25. The van der Waals surface area contributed by atoms with Crippen LogP contribution in [0.25, 0.3) is 0 Å². The molecule has 0 unspecified atom stereocenters. The van der Waals surface area contributed by atoms with Crippen LogP contribution in [0.15, 0.2) is 53.4 Å². The molecule has 0 atom stereocenters. The van der Waals surface area contributed by atoms with Gasteiger partial charge in [-0.25, -0.2) is 13.2 Å². The summed E-state index contributed by atoms with van der Waals surface area (Å²) in [6.45, 7) is 0.815. The van der Waals surface area contributed by atoms with Crippen LogP contribution in [0.2, 0.25) is 0 Å². The highest BCUT2D eigenvalue weighted by atomic mass is 32.2. The van der Waals surface area contributed by atoms with Crippen LogP contribution < -0.4 is 0 Å². The van der Waals surface area contributed by atoms with E-state index >= 15 is 0 Å². The summed E-state index contributed by atoms with van der Waals surface area (Å²) in [5, 5.41) is 0.352. The Hall–Kier alpha value is -3.08. The molecule has 0 aromatic heterocycles. The average molecular weight is 416 g/mol. The number of imide groups is 1. The molecule has 29 heavy (non-hydrogen) atoms. The maximum Gasteiger partial charge on any atom is 0.365 e. The van der Waals surface area contributed by atoms with Crippen LogP contribution in [0.4, 0.5) is 0 Å². The van der Waals surface area contributed by atoms with Gasteiger partial charge in [-0.1, -0.05) is 29.3 Å². The fourth-order valence-electron chi connectivity index (χ4n) is 3.17. The second kappa shape index (κ2) is 7.39. The molecule has 0 saturated carbocycles. The number of ether oxygens (including phenoxy) is 1. The number of carbonyl (C=O) groups excluding carboxylic acids is 3. The van der Waals surface area contributed by atoms with E-state index in [1.54, 1.807) is 12.1 Å². The Morgan fingerprint density at radius 3 is 2.07 bits per heavy atom. The first-order chi connectivity index (χ1) is 13.9. The Balaban J connectivity index is 1.63. The van der Waals surface area contributed by atoms with E-state index < -0.39 is 27.8 Å². The SMILES string of the molecule is O=C(ON1C(=O)c2ccccc2C1=O)c1ccccc1S(=O)(=O)N1CCOCC1. The Labute approximate surface area is 166 Å². The van der Waals surface area contributed by atoms with Gasteiger partial charge in [-0.2, -0.15) is 4.31 Å². The highest BCUT2D eigenvalue weighted by Gasteiger charge is 2.40.